The molecule has 2 aromatic heterocycles. The van der Waals surface area contributed by atoms with Crippen molar-refractivity contribution in [2.24, 2.45) is 0 Å². The number of nitrogens with zero attached hydrogens (tertiary/aromatic N) is 1. The Morgan fingerprint density at radius 2 is 1.93 bits per heavy atom. The second-order valence-electron chi connectivity index (χ2n) is 6.53. The summed E-state index contributed by atoms with van der Waals surface area (Å²) in [6.07, 6.45) is 3.68. The van der Waals surface area contributed by atoms with Gasteiger partial charge in [0.15, 0.2) is 0 Å². The molecule has 0 spiro atoms. The van der Waals surface area contributed by atoms with Crippen molar-refractivity contribution in [1.29, 1.82) is 0 Å². The van der Waals surface area contributed by atoms with Crippen molar-refractivity contribution >= 4 is 22.7 Å². The first-order valence-corrected chi connectivity index (χ1v) is 8.51. The van der Waals surface area contributed by atoms with Crippen LogP contribution in [0.25, 0.3) is 22.2 Å². The van der Waals surface area contributed by atoms with E-state index in [0.717, 1.165) is 39.0 Å². The average Bonchev–Trinajstić information content (AvgIpc) is 3.04. The summed E-state index contributed by atoms with van der Waals surface area (Å²) in [5.74, 6) is -1.41. The van der Waals surface area contributed by atoms with E-state index in [4.69, 9.17) is 0 Å². The third-order valence-corrected chi connectivity index (χ3v) is 5.02. The minimum atomic E-state index is -1.16. The van der Waals surface area contributed by atoms with Gasteiger partial charge in [0.2, 0.25) is 0 Å². The van der Waals surface area contributed by atoms with E-state index in [2.05, 4.69) is 21.4 Å². The van der Waals surface area contributed by atoms with Gasteiger partial charge in [0, 0.05) is 34.6 Å². The van der Waals surface area contributed by atoms with Gasteiger partial charge in [0.25, 0.3) is 0 Å². The van der Waals surface area contributed by atoms with Gasteiger partial charge in [0.1, 0.15) is 17.0 Å². The Morgan fingerprint density at radius 1 is 1.07 bits per heavy atom. The molecule has 6 nitrogen and oxygen atoms in total. The van der Waals surface area contributed by atoms with Gasteiger partial charge in [-0.3, -0.25) is 0 Å². The number of nitrogens with one attached hydrogen (secondary N) is 2. The molecule has 1 aliphatic rings. The quantitative estimate of drug-likeness (QED) is 0.432. The molecule has 27 heavy (non-hydrogen) atoms. The number of aromatic carboxylic acids is 1. The molecular weight excluding hydrogens is 342 g/mol. The first kappa shape index (κ1) is 15.5. The molecule has 2 aromatic carbocycles. The van der Waals surface area contributed by atoms with E-state index in [1.807, 2.05) is 30.5 Å². The molecular formula is C21H15N3O3. The fourth-order valence-corrected chi connectivity index (χ4v) is 3.78. The molecule has 132 valence electrons. The summed E-state index contributed by atoms with van der Waals surface area (Å²) in [5, 5.41) is 23.8. The summed E-state index contributed by atoms with van der Waals surface area (Å²) >= 11 is 0. The Labute approximate surface area is 154 Å². The standard InChI is InChI=1S/C21H15N3O3/c25-17-6-5-11(9-14(17)21(26)27)19-15-10-23-20-18(15)13(7-8-22-20)12-3-1-2-4-16(12)24-19/h1-10,19,24-25H,(H,22,23)(H,26,27). The third-order valence-electron chi connectivity index (χ3n) is 5.02. The van der Waals surface area contributed by atoms with Crippen molar-refractivity contribution in [3.8, 4) is 16.9 Å². The topological polar surface area (TPSA) is 98.2 Å². The Kier molecular flexibility index (Phi) is 3.21. The van der Waals surface area contributed by atoms with E-state index in [1.54, 1.807) is 12.3 Å². The van der Waals surface area contributed by atoms with E-state index in [-0.39, 0.29) is 17.4 Å². The van der Waals surface area contributed by atoms with Crippen LogP contribution in [-0.4, -0.2) is 26.2 Å². The second-order valence-corrected chi connectivity index (χ2v) is 6.53. The van der Waals surface area contributed by atoms with Crippen LogP contribution in [0.1, 0.15) is 27.5 Å². The molecule has 0 fully saturated rings. The summed E-state index contributed by atoms with van der Waals surface area (Å²) in [5.41, 5.74) is 5.47. The normalized spacial score (nSPS) is 15.0. The molecule has 4 aromatic rings. The monoisotopic (exact) mass is 357 g/mol. The summed E-state index contributed by atoms with van der Waals surface area (Å²) < 4.78 is 0. The number of benzene rings is 2. The Hall–Kier alpha value is -3.80. The number of aromatic nitrogens is 2. The van der Waals surface area contributed by atoms with E-state index in [9.17, 15) is 15.0 Å². The van der Waals surface area contributed by atoms with Crippen LogP contribution in [0.5, 0.6) is 5.75 Å². The van der Waals surface area contributed by atoms with Crippen LogP contribution in [0.15, 0.2) is 60.9 Å². The van der Waals surface area contributed by atoms with E-state index in [1.165, 1.54) is 12.1 Å². The molecule has 1 atom stereocenters. The average molecular weight is 357 g/mol. The number of carbonyl (C=O) groups is 1. The molecule has 1 unspecified atom stereocenters. The SMILES string of the molecule is O=C(O)c1cc(C2Nc3ccccc3-c3ccnc4[nH]cc2c34)ccc1O. The maximum absolute atomic E-state index is 11.5. The van der Waals surface area contributed by atoms with Crippen molar-refractivity contribution in [3.63, 3.8) is 0 Å². The first-order chi connectivity index (χ1) is 13.1. The minimum absolute atomic E-state index is 0.120. The number of carboxylic acids is 1. The van der Waals surface area contributed by atoms with Gasteiger partial charge < -0.3 is 20.5 Å². The molecule has 0 radical (unpaired) electrons. The largest absolute Gasteiger partial charge is 0.507 e. The summed E-state index contributed by atoms with van der Waals surface area (Å²) in [4.78, 5) is 19.1. The maximum atomic E-state index is 11.5. The molecule has 3 heterocycles. The Bertz CT molecular complexity index is 1210. The Balaban J connectivity index is 1.80. The van der Waals surface area contributed by atoms with Crippen molar-refractivity contribution in [3.05, 3.63) is 77.6 Å². The summed E-state index contributed by atoms with van der Waals surface area (Å²) in [6, 6.07) is 14.4. The highest BCUT2D eigenvalue weighted by atomic mass is 16.4. The number of aromatic hydroxyl groups is 1. The van der Waals surface area contributed by atoms with Gasteiger partial charge in [-0.25, -0.2) is 9.78 Å². The number of rotatable bonds is 2. The number of pyridine rings is 1. The fourth-order valence-electron chi connectivity index (χ4n) is 3.78. The first-order valence-electron chi connectivity index (χ1n) is 8.51. The minimum Gasteiger partial charge on any atom is -0.507 e. The van der Waals surface area contributed by atoms with Crippen LogP contribution < -0.4 is 5.32 Å². The van der Waals surface area contributed by atoms with Crippen molar-refractivity contribution < 1.29 is 15.0 Å². The van der Waals surface area contributed by atoms with Gasteiger partial charge in [-0.2, -0.15) is 0 Å². The molecule has 5 rings (SSSR count). The highest BCUT2D eigenvalue weighted by Gasteiger charge is 2.26. The number of anilines is 1. The van der Waals surface area contributed by atoms with Gasteiger partial charge in [0.05, 0.1) is 6.04 Å². The molecule has 1 aliphatic heterocycles. The molecule has 0 aliphatic carbocycles. The van der Waals surface area contributed by atoms with Crippen LogP contribution in [0.3, 0.4) is 0 Å². The lowest BCUT2D eigenvalue weighted by Crippen LogP contribution is -2.12. The zero-order valence-corrected chi connectivity index (χ0v) is 14.1. The fraction of sp³-hybridized carbons (Fsp3) is 0.0476. The number of hydrogen-bond acceptors (Lipinski definition) is 4. The smallest absolute Gasteiger partial charge is 0.339 e. The predicted octanol–water partition coefficient (Wildman–Crippen LogP) is 4.15. The number of aromatic amines is 1. The number of carboxylic acid groups (broad SMARTS) is 1. The van der Waals surface area contributed by atoms with Gasteiger partial charge in [-0.1, -0.05) is 24.3 Å². The van der Waals surface area contributed by atoms with E-state index < -0.39 is 5.97 Å². The van der Waals surface area contributed by atoms with Crippen molar-refractivity contribution in [2.45, 2.75) is 6.04 Å². The molecule has 0 bridgehead atoms. The van der Waals surface area contributed by atoms with E-state index in [0.29, 0.717) is 0 Å². The summed E-state index contributed by atoms with van der Waals surface area (Å²) in [7, 11) is 0. The summed E-state index contributed by atoms with van der Waals surface area (Å²) in [6.45, 7) is 0. The second kappa shape index (κ2) is 5.60. The molecule has 6 heteroatoms. The number of phenols is 1. The van der Waals surface area contributed by atoms with Gasteiger partial charge in [-0.05, 0) is 35.4 Å². The van der Waals surface area contributed by atoms with Crippen molar-refractivity contribution in [1.82, 2.24) is 9.97 Å². The van der Waals surface area contributed by atoms with Crippen LogP contribution in [0, 0.1) is 0 Å². The molecule has 4 N–H and O–H groups in total. The number of hydrogen-bond donors (Lipinski definition) is 4. The van der Waals surface area contributed by atoms with Gasteiger partial charge in [-0.15, -0.1) is 0 Å². The lowest BCUT2D eigenvalue weighted by Gasteiger charge is -2.20. The number of H-pyrrole nitrogens is 1. The lowest BCUT2D eigenvalue weighted by atomic mass is 9.95. The number of fused-ring (bicyclic) bond motifs is 2. The Morgan fingerprint density at radius 3 is 2.78 bits per heavy atom. The highest BCUT2D eigenvalue weighted by Crippen LogP contribution is 2.43. The zero-order valence-electron chi connectivity index (χ0n) is 14.1. The zero-order chi connectivity index (χ0) is 18.5. The molecule has 0 saturated carbocycles. The molecule has 0 saturated heterocycles. The van der Waals surface area contributed by atoms with Gasteiger partial charge >= 0.3 is 5.97 Å². The predicted molar refractivity (Wildman–Crippen MR) is 102 cm³/mol. The number of para-hydroxylation sites is 1. The van der Waals surface area contributed by atoms with Crippen LogP contribution in [-0.2, 0) is 0 Å². The van der Waals surface area contributed by atoms with Crippen LogP contribution >= 0.6 is 0 Å². The third kappa shape index (κ3) is 2.27. The lowest BCUT2D eigenvalue weighted by molar-refractivity contribution is 0.0693. The molecule has 0 amide bonds. The van der Waals surface area contributed by atoms with E-state index >= 15 is 0 Å². The highest BCUT2D eigenvalue weighted by molar-refractivity contribution is 6.01. The maximum Gasteiger partial charge on any atom is 0.339 e. The van der Waals surface area contributed by atoms with Crippen LogP contribution in [0.4, 0.5) is 5.69 Å². The van der Waals surface area contributed by atoms with Crippen molar-refractivity contribution in [2.75, 3.05) is 5.32 Å². The van der Waals surface area contributed by atoms with Crippen LogP contribution in [0.2, 0.25) is 0 Å².